The Morgan fingerprint density at radius 1 is 1.48 bits per heavy atom. The number of carbonyl (C=O) groups excluding carboxylic acids is 1. The van der Waals surface area contributed by atoms with E-state index in [2.05, 4.69) is 12.2 Å². The lowest BCUT2D eigenvalue weighted by Crippen LogP contribution is -2.35. The van der Waals surface area contributed by atoms with Gasteiger partial charge in [-0.05, 0) is 30.0 Å². The monoisotopic (exact) mass is 310 g/mol. The topological polar surface area (TPSA) is 41.6 Å². The largest absolute Gasteiger partial charge is 0.384 e. The fourth-order valence-corrected chi connectivity index (χ4v) is 2.99. The Morgan fingerprint density at radius 2 is 2.24 bits per heavy atom. The van der Waals surface area contributed by atoms with Gasteiger partial charge in [-0.15, -0.1) is 0 Å². The van der Waals surface area contributed by atoms with Gasteiger partial charge in [-0.3, -0.25) is 10.1 Å². The average Bonchev–Trinajstić information content (AvgIpc) is 2.76. The quantitative estimate of drug-likeness (QED) is 0.878. The molecule has 1 aliphatic heterocycles. The van der Waals surface area contributed by atoms with E-state index in [1.165, 1.54) is 0 Å². The van der Waals surface area contributed by atoms with Crippen LogP contribution in [0.15, 0.2) is 24.3 Å². The van der Waals surface area contributed by atoms with Gasteiger partial charge in [-0.1, -0.05) is 37.6 Å². The van der Waals surface area contributed by atoms with Crippen LogP contribution in [0.25, 0.3) is 0 Å². The minimum Gasteiger partial charge on any atom is -0.384 e. The van der Waals surface area contributed by atoms with Crippen LogP contribution < -0.4 is 5.32 Å². The predicted octanol–water partition coefficient (Wildman–Crippen LogP) is 2.83. The molecule has 1 aromatic rings. The molecule has 1 heterocycles. The summed E-state index contributed by atoms with van der Waals surface area (Å²) in [5.41, 5.74) is 1.02. The van der Waals surface area contributed by atoms with Crippen molar-refractivity contribution in [2.24, 2.45) is 5.92 Å². The first-order valence-electron chi connectivity index (χ1n) is 7.37. The fourth-order valence-electron chi connectivity index (χ4n) is 2.79. The van der Waals surface area contributed by atoms with Crippen LogP contribution in [0.4, 0.5) is 0 Å². The minimum absolute atomic E-state index is 0.111. The Labute approximate surface area is 131 Å². The van der Waals surface area contributed by atoms with E-state index >= 15 is 0 Å². The van der Waals surface area contributed by atoms with E-state index < -0.39 is 0 Å². The number of hydrogen-bond acceptors (Lipinski definition) is 3. The highest BCUT2D eigenvalue weighted by atomic mass is 35.5. The SMILES string of the molecule is CCC1NC(c2cccc(Cl)c2)N(CC(C)COC)C1=O. The highest BCUT2D eigenvalue weighted by molar-refractivity contribution is 6.30. The number of nitrogens with zero attached hydrogens (tertiary/aromatic N) is 1. The molecule has 1 aliphatic rings. The van der Waals surface area contributed by atoms with Crippen LogP contribution >= 0.6 is 11.6 Å². The van der Waals surface area contributed by atoms with Crippen LogP contribution in [0.2, 0.25) is 5.02 Å². The number of rotatable bonds is 6. The molecule has 1 amide bonds. The van der Waals surface area contributed by atoms with Gasteiger partial charge in [0.05, 0.1) is 12.6 Å². The lowest BCUT2D eigenvalue weighted by Gasteiger charge is -2.27. The molecule has 0 saturated carbocycles. The van der Waals surface area contributed by atoms with Crippen molar-refractivity contribution in [1.29, 1.82) is 0 Å². The van der Waals surface area contributed by atoms with E-state index in [9.17, 15) is 4.79 Å². The van der Waals surface area contributed by atoms with Gasteiger partial charge in [-0.2, -0.15) is 0 Å². The van der Waals surface area contributed by atoms with Gasteiger partial charge in [0, 0.05) is 18.7 Å². The van der Waals surface area contributed by atoms with E-state index in [0.717, 1.165) is 12.0 Å². The molecular formula is C16H23ClN2O2. The number of halogens is 1. The lowest BCUT2D eigenvalue weighted by molar-refractivity contribution is -0.130. The van der Waals surface area contributed by atoms with Gasteiger partial charge in [-0.25, -0.2) is 0 Å². The first kappa shape index (κ1) is 16.3. The Hall–Kier alpha value is -1.10. The van der Waals surface area contributed by atoms with E-state index in [4.69, 9.17) is 16.3 Å². The average molecular weight is 311 g/mol. The van der Waals surface area contributed by atoms with Gasteiger partial charge in [0.2, 0.25) is 5.91 Å². The summed E-state index contributed by atoms with van der Waals surface area (Å²) in [7, 11) is 1.68. The molecular weight excluding hydrogens is 288 g/mol. The maximum Gasteiger partial charge on any atom is 0.241 e. The molecule has 0 aliphatic carbocycles. The molecule has 116 valence electrons. The molecule has 3 unspecified atom stereocenters. The molecule has 21 heavy (non-hydrogen) atoms. The van der Waals surface area contributed by atoms with Crippen molar-refractivity contribution in [3.63, 3.8) is 0 Å². The summed E-state index contributed by atoms with van der Waals surface area (Å²) >= 11 is 6.08. The Morgan fingerprint density at radius 3 is 2.86 bits per heavy atom. The third kappa shape index (κ3) is 3.76. The van der Waals surface area contributed by atoms with Gasteiger partial charge in [0.15, 0.2) is 0 Å². The van der Waals surface area contributed by atoms with Crippen molar-refractivity contribution >= 4 is 17.5 Å². The summed E-state index contributed by atoms with van der Waals surface area (Å²) in [6.45, 7) is 5.42. The molecule has 2 rings (SSSR count). The molecule has 5 heteroatoms. The summed E-state index contributed by atoms with van der Waals surface area (Å²) in [6, 6.07) is 7.56. The zero-order valence-corrected chi connectivity index (χ0v) is 13.6. The summed E-state index contributed by atoms with van der Waals surface area (Å²) in [4.78, 5) is 14.4. The summed E-state index contributed by atoms with van der Waals surface area (Å²) in [5.74, 6) is 0.448. The van der Waals surface area contributed by atoms with Gasteiger partial charge >= 0.3 is 0 Å². The van der Waals surface area contributed by atoms with E-state index in [1.807, 2.05) is 36.1 Å². The lowest BCUT2D eigenvalue weighted by atomic mass is 10.1. The molecule has 0 radical (unpaired) electrons. The molecule has 1 saturated heterocycles. The van der Waals surface area contributed by atoms with Crippen LogP contribution in [-0.2, 0) is 9.53 Å². The van der Waals surface area contributed by atoms with Crippen LogP contribution in [0.1, 0.15) is 32.0 Å². The van der Waals surface area contributed by atoms with Gasteiger partial charge in [0.1, 0.15) is 6.17 Å². The molecule has 4 nitrogen and oxygen atoms in total. The maximum absolute atomic E-state index is 12.5. The van der Waals surface area contributed by atoms with Crippen molar-refractivity contribution in [3.8, 4) is 0 Å². The van der Waals surface area contributed by atoms with Crippen molar-refractivity contribution in [2.45, 2.75) is 32.5 Å². The zero-order valence-electron chi connectivity index (χ0n) is 12.8. The molecule has 3 atom stereocenters. The van der Waals surface area contributed by atoms with Crippen LogP contribution in [0, 0.1) is 5.92 Å². The first-order chi connectivity index (χ1) is 10.1. The van der Waals surface area contributed by atoms with Crippen molar-refractivity contribution < 1.29 is 9.53 Å². The number of amides is 1. The molecule has 0 bridgehead atoms. The molecule has 1 N–H and O–H groups in total. The summed E-state index contributed by atoms with van der Waals surface area (Å²) in [5, 5.41) is 4.10. The van der Waals surface area contributed by atoms with E-state index in [-0.39, 0.29) is 24.0 Å². The van der Waals surface area contributed by atoms with Gasteiger partial charge in [0.25, 0.3) is 0 Å². The minimum atomic E-state index is -0.122. The second-order valence-electron chi connectivity index (χ2n) is 5.64. The fraction of sp³-hybridized carbons (Fsp3) is 0.562. The molecule has 0 spiro atoms. The highest BCUT2D eigenvalue weighted by Gasteiger charge is 2.38. The Bertz CT molecular complexity index is 495. The smallest absolute Gasteiger partial charge is 0.241 e. The zero-order chi connectivity index (χ0) is 15.4. The molecule has 0 aromatic heterocycles. The van der Waals surface area contributed by atoms with Crippen LogP contribution in [0.3, 0.4) is 0 Å². The number of benzene rings is 1. The van der Waals surface area contributed by atoms with Crippen LogP contribution in [0.5, 0.6) is 0 Å². The van der Waals surface area contributed by atoms with Crippen molar-refractivity contribution in [2.75, 3.05) is 20.3 Å². The first-order valence-corrected chi connectivity index (χ1v) is 7.75. The number of carbonyl (C=O) groups is 1. The second-order valence-corrected chi connectivity index (χ2v) is 6.07. The summed E-state index contributed by atoms with van der Waals surface area (Å²) in [6.07, 6.45) is 0.672. The number of hydrogen-bond donors (Lipinski definition) is 1. The highest BCUT2D eigenvalue weighted by Crippen LogP contribution is 2.28. The second kappa shape index (κ2) is 7.25. The number of nitrogens with one attached hydrogen (secondary N) is 1. The predicted molar refractivity (Wildman–Crippen MR) is 84.2 cm³/mol. The van der Waals surface area contributed by atoms with Crippen molar-refractivity contribution in [3.05, 3.63) is 34.9 Å². The maximum atomic E-state index is 12.5. The van der Waals surface area contributed by atoms with E-state index in [0.29, 0.717) is 18.2 Å². The van der Waals surface area contributed by atoms with Crippen molar-refractivity contribution in [1.82, 2.24) is 10.2 Å². The normalized spacial score (nSPS) is 23.6. The third-order valence-electron chi connectivity index (χ3n) is 3.78. The van der Waals surface area contributed by atoms with E-state index in [1.54, 1.807) is 7.11 Å². The number of methoxy groups -OCH3 is 1. The summed E-state index contributed by atoms with van der Waals surface area (Å²) < 4.78 is 5.18. The van der Waals surface area contributed by atoms with Crippen LogP contribution in [-0.4, -0.2) is 37.1 Å². The molecule has 1 aromatic carbocycles. The van der Waals surface area contributed by atoms with Gasteiger partial charge < -0.3 is 9.64 Å². The number of ether oxygens (including phenoxy) is 1. The standard InChI is InChI=1S/C16H23ClN2O2/c1-4-14-16(20)19(9-11(2)10-21-3)15(18-14)12-6-5-7-13(17)8-12/h5-8,11,14-15,18H,4,9-10H2,1-3H3. The Balaban J connectivity index is 2.22. The third-order valence-corrected chi connectivity index (χ3v) is 4.02. The molecule has 1 fully saturated rings. The Kier molecular flexibility index (Phi) is 5.62.